The molecular formula is C19H25N3O6S. The maximum absolute atomic E-state index is 12.5. The number of esters is 1. The Hall–Kier alpha value is -2.75. The van der Waals surface area contributed by atoms with Gasteiger partial charge in [0, 0.05) is 11.4 Å². The maximum atomic E-state index is 12.5. The van der Waals surface area contributed by atoms with Gasteiger partial charge in [0.15, 0.2) is 0 Å². The predicted molar refractivity (Wildman–Crippen MR) is 107 cm³/mol. The third kappa shape index (κ3) is 4.64. The first kappa shape index (κ1) is 22.5. The Bertz CT molecular complexity index is 860. The van der Waals surface area contributed by atoms with Crippen molar-refractivity contribution in [1.82, 2.24) is 9.80 Å². The summed E-state index contributed by atoms with van der Waals surface area (Å²) in [4.78, 5) is 63.7. The van der Waals surface area contributed by atoms with Crippen LogP contribution in [0.4, 0.5) is 9.80 Å². The molecule has 5 amide bonds. The zero-order chi connectivity index (χ0) is 21.9. The molecule has 1 saturated heterocycles. The number of hydrogen-bond donors (Lipinski definition) is 1. The summed E-state index contributed by atoms with van der Waals surface area (Å²) in [6.07, 6.45) is 0.667. The van der Waals surface area contributed by atoms with Crippen LogP contribution in [0.2, 0.25) is 0 Å². The van der Waals surface area contributed by atoms with Crippen molar-refractivity contribution in [2.75, 3.05) is 25.0 Å². The number of hydrogen-bond acceptors (Lipinski definition) is 7. The van der Waals surface area contributed by atoms with Gasteiger partial charge in [-0.3, -0.25) is 19.3 Å². The van der Waals surface area contributed by atoms with E-state index in [1.807, 2.05) is 20.8 Å². The van der Waals surface area contributed by atoms with Gasteiger partial charge in [-0.05, 0) is 31.7 Å². The molecule has 29 heavy (non-hydrogen) atoms. The molecule has 9 nitrogen and oxygen atoms in total. The highest BCUT2D eigenvalue weighted by Gasteiger charge is 2.45. The Morgan fingerprint density at radius 2 is 1.72 bits per heavy atom. The summed E-state index contributed by atoms with van der Waals surface area (Å²) in [5.74, 6) is -3.22. The highest BCUT2D eigenvalue weighted by Crippen LogP contribution is 2.34. The van der Waals surface area contributed by atoms with Crippen molar-refractivity contribution >= 4 is 46.1 Å². The second kappa shape index (κ2) is 9.17. The first-order chi connectivity index (χ1) is 13.6. The molecule has 0 unspecified atom stereocenters. The van der Waals surface area contributed by atoms with Gasteiger partial charge in [0.25, 0.3) is 0 Å². The van der Waals surface area contributed by atoms with E-state index in [0.717, 1.165) is 15.3 Å². The number of carbonyl (C=O) groups is 5. The topological polar surface area (TPSA) is 113 Å². The van der Waals surface area contributed by atoms with Crippen LogP contribution in [0, 0.1) is 12.8 Å². The number of amides is 5. The Balaban J connectivity index is 2.19. The van der Waals surface area contributed by atoms with Crippen molar-refractivity contribution in [2.45, 2.75) is 41.0 Å². The van der Waals surface area contributed by atoms with Crippen LogP contribution in [0.1, 0.15) is 48.5 Å². The number of carbonyl (C=O) groups excluding carboxylic acids is 5. The molecule has 1 N–H and O–H groups in total. The number of ether oxygens (including phenoxy) is 1. The average Bonchev–Trinajstić information content (AvgIpc) is 3.05. The molecule has 0 radical (unpaired) electrons. The highest BCUT2D eigenvalue weighted by molar-refractivity contribution is 7.17. The third-order valence-electron chi connectivity index (χ3n) is 4.28. The number of imide groups is 2. The summed E-state index contributed by atoms with van der Waals surface area (Å²) in [5, 5.41) is 2.89. The largest absolute Gasteiger partial charge is 0.462 e. The normalized spacial score (nSPS) is 14.2. The van der Waals surface area contributed by atoms with E-state index in [-0.39, 0.29) is 24.6 Å². The van der Waals surface area contributed by atoms with E-state index in [1.165, 1.54) is 11.3 Å². The zero-order valence-corrected chi connectivity index (χ0v) is 18.0. The van der Waals surface area contributed by atoms with Gasteiger partial charge < -0.3 is 10.1 Å². The van der Waals surface area contributed by atoms with E-state index in [9.17, 15) is 24.0 Å². The fraction of sp³-hybridized carbons (Fsp3) is 0.526. The van der Waals surface area contributed by atoms with Gasteiger partial charge in [0.2, 0.25) is 5.91 Å². The lowest BCUT2D eigenvalue weighted by atomic mass is 10.1. The zero-order valence-electron chi connectivity index (χ0n) is 17.2. The van der Waals surface area contributed by atoms with Gasteiger partial charge >= 0.3 is 23.8 Å². The molecule has 1 aromatic heterocycles. The summed E-state index contributed by atoms with van der Waals surface area (Å²) >= 11 is 1.24. The second-order valence-corrected chi connectivity index (χ2v) is 8.07. The van der Waals surface area contributed by atoms with Crippen LogP contribution in [-0.2, 0) is 25.5 Å². The van der Waals surface area contributed by atoms with Gasteiger partial charge in [0.05, 0.1) is 12.2 Å². The molecule has 0 aromatic carbocycles. The molecule has 158 valence electrons. The number of urea groups is 1. The van der Waals surface area contributed by atoms with Crippen LogP contribution < -0.4 is 5.32 Å². The predicted octanol–water partition coefficient (Wildman–Crippen LogP) is 2.18. The van der Waals surface area contributed by atoms with Gasteiger partial charge in [-0.15, -0.1) is 11.3 Å². The van der Waals surface area contributed by atoms with Gasteiger partial charge in [0.1, 0.15) is 11.5 Å². The standard InChI is InChI=1S/C19H25N3O6S/c1-6-12-11(5)14(18(26)28-7-2)15(29-12)20-13(23)9-22-17(25)16(24)21(19(22)27)8-10(3)4/h10H,6-9H2,1-5H3,(H,20,23). The Morgan fingerprint density at radius 1 is 1.10 bits per heavy atom. The van der Waals surface area contributed by atoms with Gasteiger partial charge in [-0.25, -0.2) is 14.5 Å². The molecule has 0 aliphatic carbocycles. The molecule has 0 saturated carbocycles. The number of aryl methyl sites for hydroxylation is 1. The van der Waals surface area contributed by atoms with Crippen molar-refractivity contribution in [3.8, 4) is 0 Å². The number of rotatable bonds is 8. The molecule has 1 aromatic rings. The first-order valence-electron chi connectivity index (χ1n) is 9.38. The van der Waals surface area contributed by atoms with E-state index in [2.05, 4.69) is 5.32 Å². The quantitative estimate of drug-likeness (QED) is 0.390. The van der Waals surface area contributed by atoms with Crippen molar-refractivity contribution in [3.05, 3.63) is 16.0 Å². The summed E-state index contributed by atoms with van der Waals surface area (Å²) in [6.45, 7) is 8.67. The van der Waals surface area contributed by atoms with E-state index in [0.29, 0.717) is 16.3 Å². The van der Waals surface area contributed by atoms with E-state index >= 15 is 0 Å². The second-order valence-electron chi connectivity index (χ2n) is 6.96. The van der Waals surface area contributed by atoms with Gasteiger partial charge in [-0.1, -0.05) is 20.8 Å². The lowest BCUT2D eigenvalue weighted by Crippen LogP contribution is -2.39. The molecule has 2 rings (SSSR count). The smallest absolute Gasteiger partial charge is 0.341 e. The SMILES string of the molecule is CCOC(=O)c1c(NC(=O)CN2C(=O)C(=O)N(CC(C)C)C2=O)sc(CC)c1C. The maximum Gasteiger partial charge on any atom is 0.341 e. The van der Waals surface area contributed by atoms with Crippen LogP contribution >= 0.6 is 11.3 Å². The van der Waals surface area contributed by atoms with Crippen molar-refractivity contribution in [3.63, 3.8) is 0 Å². The minimum atomic E-state index is -1.03. The summed E-state index contributed by atoms with van der Waals surface area (Å²) < 4.78 is 5.07. The lowest BCUT2D eigenvalue weighted by Gasteiger charge is -2.16. The fourth-order valence-corrected chi connectivity index (χ4v) is 4.11. The molecule has 0 bridgehead atoms. The number of nitrogens with one attached hydrogen (secondary N) is 1. The third-order valence-corrected chi connectivity index (χ3v) is 5.64. The Morgan fingerprint density at radius 3 is 2.28 bits per heavy atom. The summed E-state index contributed by atoms with van der Waals surface area (Å²) in [5.41, 5.74) is 0.983. The molecule has 1 fully saturated rings. The van der Waals surface area contributed by atoms with Crippen LogP contribution in [0.15, 0.2) is 0 Å². The summed E-state index contributed by atoms with van der Waals surface area (Å²) in [6, 6.07) is -0.814. The monoisotopic (exact) mass is 423 g/mol. The molecule has 1 aliphatic heterocycles. The molecule has 0 spiro atoms. The average molecular weight is 423 g/mol. The minimum Gasteiger partial charge on any atom is -0.462 e. The van der Waals surface area contributed by atoms with E-state index < -0.39 is 36.3 Å². The van der Waals surface area contributed by atoms with Gasteiger partial charge in [-0.2, -0.15) is 0 Å². The first-order valence-corrected chi connectivity index (χ1v) is 10.2. The number of anilines is 1. The molecule has 1 aliphatic rings. The lowest BCUT2D eigenvalue weighted by molar-refractivity contribution is -0.143. The molecule has 10 heteroatoms. The fourth-order valence-electron chi connectivity index (χ4n) is 2.96. The Labute approximate surface area is 173 Å². The van der Waals surface area contributed by atoms with Crippen molar-refractivity contribution in [1.29, 1.82) is 0 Å². The van der Waals surface area contributed by atoms with E-state index in [4.69, 9.17) is 4.74 Å². The van der Waals surface area contributed by atoms with Crippen LogP contribution in [0.5, 0.6) is 0 Å². The Kier molecular flexibility index (Phi) is 7.12. The molecular weight excluding hydrogens is 398 g/mol. The van der Waals surface area contributed by atoms with Crippen molar-refractivity contribution < 1.29 is 28.7 Å². The number of nitrogens with zero attached hydrogens (tertiary/aromatic N) is 2. The van der Waals surface area contributed by atoms with Crippen LogP contribution in [-0.4, -0.2) is 59.2 Å². The highest BCUT2D eigenvalue weighted by atomic mass is 32.1. The molecule has 2 heterocycles. The summed E-state index contributed by atoms with van der Waals surface area (Å²) in [7, 11) is 0. The number of thiophene rings is 1. The van der Waals surface area contributed by atoms with Crippen LogP contribution in [0.25, 0.3) is 0 Å². The molecule has 0 atom stereocenters. The minimum absolute atomic E-state index is 0.0156. The van der Waals surface area contributed by atoms with Crippen molar-refractivity contribution in [2.24, 2.45) is 5.92 Å². The van der Waals surface area contributed by atoms with Crippen LogP contribution in [0.3, 0.4) is 0 Å². The van der Waals surface area contributed by atoms with E-state index in [1.54, 1.807) is 13.8 Å².